The molecule has 0 bridgehead atoms. The molecule has 0 aliphatic rings. The molecule has 35 heavy (non-hydrogen) atoms. The number of aromatic nitrogens is 3. The molecule has 176 valence electrons. The second-order valence-corrected chi connectivity index (χ2v) is 7.95. The number of fused-ring (bicyclic) bond motifs is 1. The van der Waals surface area contributed by atoms with E-state index in [0.717, 1.165) is 5.52 Å². The van der Waals surface area contributed by atoms with Gasteiger partial charge in [-0.15, -0.1) is 5.10 Å². The predicted octanol–water partition coefficient (Wildman–Crippen LogP) is 3.70. The van der Waals surface area contributed by atoms with Gasteiger partial charge in [0.25, 0.3) is 0 Å². The molecule has 0 saturated carbocycles. The maximum atomic E-state index is 13.7. The Kier molecular flexibility index (Phi) is 6.38. The smallest absolute Gasteiger partial charge is 0.247 e. The number of amides is 2. The Morgan fingerprint density at radius 2 is 1.60 bits per heavy atom. The zero-order chi connectivity index (χ0) is 24.0. The van der Waals surface area contributed by atoms with Crippen molar-refractivity contribution in [1.82, 2.24) is 25.2 Å². The minimum absolute atomic E-state index is 0.0873. The first-order chi connectivity index (χ1) is 17.2. The average molecular weight is 470 g/mol. The number of para-hydroxylation sites is 1. The van der Waals surface area contributed by atoms with Crippen LogP contribution in [0.5, 0.6) is 0 Å². The minimum atomic E-state index is -0.904. The number of benzene rings is 2. The van der Waals surface area contributed by atoms with E-state index < -0.39 is 6.04 Å². The summed E-state index contributed by atoms with van der Waals surface area (Å²) in [6, 6.07) is 22.7. The van der Waals surface area contributed by atoms with Crippen molar-refractivity contribution in [3.63, 3.8) is 0 Å². The molecule has 2 amide bonds. The summed E-state index contributed by atoms with van der Waals surface area (Å²) in [5.41, 5.74) is 2.10. The lowest BCUT2D eigenvalue weighted by Gasteiger charge is -2.30. The van der Waals surface area contributed by atoms with Crippen molar-refractivity contribution in [1.29, 1.82) is 0 Å². The lowest BCUT2D eigenvalue weighted by atomic mass is 10.0. The van der Waals surface area contributed by atoms with Crippen LogP contribution in [0.2, 0.25) is 0 Å². The predicted molar refractivity (Wildman–Crippen MR) is 127 cm³/mol. The molecule has 1 unspecified atom stereocenters. The van der Waals surface area contributed by atoms with Gasteiger partial charge in [-0.2, -0.15) is 0 Å². The Labute approximate surface area is 200 Å². The average Bonchev–Trinajstić information content (AvgIpc) is 3.66. The molecule has 3 heterocycles. The summed E-state index contributed by atoms with van der Waals surface area (Å²) in [4.78, 5) is 28.7. The van der Waals surface area contributed by atoms with Gasteiger partial charge in [-0.05, 0) is 42.0 Å². The van der Waals surface area contributed by atoms with E-state index in [1.165, 1.54) is 15.8 Å². The SMILES string of the molecule is O=C(NCc1ccco1)C(c1ccccc1)N(Cc1ccco1)C(=O)Cn1nnc2ccccc21. The molecule has 0 saturated heterocycles. The van der Waals surface area contributed by atoms with Gasteiger partial charge in [-0.1, -0.05) is 47.7 Å². The van der Waals surface area contributed by atoms with E-state index in [0.29, 0.717) is 22.6 Å². The molecule has 0 radical (unpaired) electrons. The highest BCUT2D eigenvalue weighted by Gasteiger charge is 2.32. The van der Waals surface area contributed by atoms with Crippen LogP contribution >= 0.6 is 0 Å². The number of hydrogen-bond acceptors (Lipinski definition) is 6. The van der Waals surface area contributed by atoms with Crippen LogP contribution in [0.1, 0.15) is 23.1 Å². The quantitative estimate of drug-likeness (QED) is 0.353. The molecule has 0 fully saturated rings. The van der Waals surface area contributed by atoms with Crippen LogP contribution < -0.4 is 5.32 Å². The molecular formula is C26H23N5O4. The first kappa shape index (κ1) is 22.1. The first-order valence-corrected chi connectivity index (χ1v) is 11.1. The van der Waals surface area contributed by atoms with Gasteiger partial charge in [-0.3, -0.25) is 9.59 Å². The van der Waals surface area contributed by atoms with Crippen LogP contribution in [0.15, 0.2) is 100 Å². The van der Waals surface area contributed by atoms with Crippen molar-refractivity contribution in [3.8, 4) is 0 Å². The first-order valence-electron chi connectivity index (χ1n) is 11.1. The molecule has 0 spiro atoms. The van der Waals surface area contributed by atoms with Crippen LogP contribution in [0.25, 0.3) is 11.0 Å². The highest BCUT2D eigenvalue weighted by Crippen LogP contribution is 2.25. The standard InChI is InChI=1S/C26H23N5O4/c32-24(18-31-23-13-5-4-12-22(23)28-29-31)30(17-21-11-7-15-35-21)25(19-8-2-1-3-9-19)26(33)27-16-20-10-6-14-34-20/h1-15,25H,16-18H2,(H,27,33). The summed E-state index contributed by atoms with van der Waals surface area (Å²) in [5.74, 6) is 0.528. The second-order valence-electron chi connectivity index (χ2n) is 7.95. The normalized spacial score (nSPS) is 11.9. The van der Waals surface area contributed by atoms with Crippen LogP contribution in [0.4, 0.5) is 0 Å². The topological polar surface area (TPSA) is 106 Å². The third kappa shape index (κ3) is 4.98. The summed E-state index contributed by atoms with van der Waals surface area (Å²) in [6.45, 7) is 0.216. The van der Waals surface area contributed by atoms with Crippen LogP contribution in [-0.2, 0) is 29.2 Å². The summed E-state index contributed by atoms with van der Waals surface area (Å²) >= 11 is 0. The monoisotopic (exact) mass is 469 g/mol. The van der Waals surface area contributed by atoms with Gasteiger partial charge >= 0.3 is 0 Å². The van der Waals surface area contributed by atoms with Gasteiger partial charge in [0.05, 0.1) is 31.1 Å². The van der Waals surface area contributed by atoms with E-state index in [1.807, 2.05) is 54.6 Å². The lowest BCUT2D eigenvalue weighted by Crippen LogP contribution is -2.44. The number of rotatable bonds is 9. The van der Waals surface area contributed by atoms with E-state index in [4.69, 9.17) is 8.83 Å². The zero-order valence-corrected chi connectivity index (χ0v) is 18.8. The highest BCUT2D eigenvalue weighted by atomic mass is 16.3. The van der Waals surface area contributed by atoms with Gasteiger partial charge in [0.2, 0.25) is 11.8 Å². The Morgan fingerprint density at radius 1 is 0.886 bits per heavy atom. The molecule has 2 aromatic carbocycles. The molecule has 1 N–H and O–H groups in total. The van der Waals surface area contributed by atoms with Crippen molar-refractivity contribution < 1.29 is 18.4 Å². The van der Waals surface area contributed by atoms with Gasteiger partial charge < -0.3 is 19.1 Å². The highest BCUT2D eigenvalue weighted by molar-refractivity contribution is 5.89. The molecule has 1 atom stereocenters. The van der Waals surface area contributed by atoms with E-state index in [-0.39, 0.29) is 31.4 Å². The van der Waals surface area contributed by atoms with Crippen molar-refractivity contribution in [2.45, 2.75) is 25.7 Å². The van der Waals surface area contributed by atoms with Crippen molar-refractivity contribution in [3.05, 3.63) is 108 Å². The van der Waals surface area contributed by atoms with E-state index in [1.54, 1.807) is 30.5 Å². The Hall–Kier alpha value is -4.66. The van der Waals surface area contributed by atoms with Gasteiger partial charge in [0, 0.05) is 0 Å². The lowest BCUT2D eigenvalue weighted by molar-refractivity contribution is -0.142. The number of hydrogen-bond donors (Lipinski definition) is 1. The fourth-order valence-electron chi connectivity index (χ4n) is 3.94. The molecule has 9 heteroatoms. The molecule has 5 aromatic rings. The van der Waals surface area contributed by atoms with Gasteiger partial charge in [0.15, 0.2) is 0 Å². The van der Waals surface area contributed by atoms with Crippen molar-refractivity contribution in [2.75, 3.05) is 0 Å². The molecule has 9 nitrogen and oxygen atoms in total. The zero-order valence-electron chi connectivity index (χ0n) is 18.8. The third-order valence-corrected chi connectivity index (χ3v) is 5.62. The summed E-state index contributed by atoms with van der Waals surface area (Å²) < 4.78 is 12.4. The largest absolute Gasteiger partial charge is 0.467 e. The third-order valence-electron chi connectivity index (χ3n) is 5.62. The van der Waals surface area contributed by atoms with Crippen LogP contribution in [0, 0.1) is 0 Å². The fourth-order valence-corrected chi connectivity index (χ4v) is 3.94. The Bertz CT molecular complexity index is 1390. The molecule has 0 aliphatic heterocycles. The number of furan rings is 2. The molecule has 3 aromatic heterocycles. The summed E-state index contributed by atoms with van der Waals surface area (Å²) in [6.07, 6.45) is 3.09. The number of nitrogens with zero attached hydrogens (tertiary/aromatic N) is 4. The van der Waals surface area contributed by atoms with E-state index >= 15 is 0 Å². The Morgan fingerprint density at radius 3 is 2.34 bits per heavy atom. The number of nitrogens with one attached hydrogen (secondary N) is 1. The van der Waals surface area contributed by atoms with E-state index in [9.17, 15) is 9.59 Å². The summed E-state index contributed by atoms with van der Waals surface area (Å²) in [5, 5.41) is 11.2. The summed E-state index contributed by atoms with van der Waals surface area (Å²) in [7, 11) is 0. The van der Waals surface area contributed by atoms with Gasteiger partial charge in [-0.25, -0.2) is 4.68 Å². The Balaban J connectivity index is 1.48. The van der Waals surface area contributed by atoms with E-state index in [2.05, 4.69) is 15.6 Å². The second kappa shape index (κ2) is 10.1. The van der Waals surface area contributed by atoms with Crippen LogP contribution in [0.3, 0.4) is 0 Å². The van der Waals surface area contributed by atoms with Crippen LogP contribution in [-0.4, -0.2) is 31.7 Å². The minimum Gasteiger partial charge on any atom is -0.467 e. The maximum absolute atomic E-state index is 13.7. The molecule has 0 aliphatic carbocycles. The maximum Gasteiger partial charge on any atom is 0.247 e. The van der Waals surface area contributed by atoms with Crippen molar-refractivity contribution >= 4 is 22.8 Å². The van der Waals surface area contributed by atoms with Gasteiger partial charge in [0.1, 0.15) is 29.6 Å². The fraction of sp³-hybridized carbons (Fsp3) is 0.154. The van der Waals surface area contributed by atoms with Crippen molar-refractivity contribution in [2.24, 2.45) is 0 Å². The number of carbonyl (C=O) groups is 2. The molecule has 5 rings (SSSR count). The number of carbonyl (C=O) groups excluding carboxylic acids is 2. The molecular weight excluding hydrogens is 446 g/mol.